The highest BCUT2D eigenvalue weighted by Crippen LogP contribution is 2.26. The zero-order chi connectivity index (χ0) is 12.7. The maximum Gasteiger partial charge on any atom is 0.334 e. The van der Waals surface area contributed by atoms with Gasteiger partial charge >= 0.3 is 5.97 Å². The van der Waals surface area contributed by atoms with E-state index in [1.807, 2.05) is 6.92 Å². The van der Waals surface area contributed by atoms with Gasteiger partial charge in [0.1, 0.15) is 0 Å². The minimum Gasteiger partial charge on any atom is -0.463 e. The first-order chi connectivity index (χ1) is 8.15. The molecule has 0 unspecified atom stereocenters. The van der Waals surface area contributed by atoms with Gasteiger partial charge in [0, 0.05) is 18.2 Å². The number of esters is 1. The Bertz CT molecular complexity index is 257. The molecule has 0 spiro atoms. The van der Waals surface area contributed by atoms with Crippen LogP contribution >= 0.6 is 0 Å². The van der Waals surface area contributed by atoms with Gasteiger partial charge < -0.3 is 10.1 Å². The zero-order valence-electron chi connectivity index (χ0n) is 11.1. The van der Waals surface area contributed by atoms with Crippen molar-refractivity contribution in [1.29, 1.82) is 0 Å². The van der Waals surface area contributed by atoms with Crippen LogP contribution in [0.5, 0.6) is 0 Å². The summed E-state index contributed by atoms with van der Waals surface area (Å²) in [5, 5.41) is 3.39. The molecule has 0 aromatic carbocycles. The molecule has 0 aliphatic heterocycles. The molecule has 17 heavy (non-hydrogen) atoms. The van der Waals surface area contributed by atoms with Crippen molar-refractivity contribution in [3.8, 4) is 0 Å². The molecule has 1 rings (SSSR count). The van der Waals surface area contributed by atoms with Gasteiger partial charge in [-0.25, -0.2) is 4.79 Å². The maximum atomic E-state index is 11.4. The molecule has 1 saturated carbocycles. The van der Waals surface area contributed by atoms with Crippen LogP contribution in [0.3, 0.4) is 0 Å². The van der Waals surface area contributed by atoms with E-state index in [1.54, 1.807) is 0 Å². The summed E-state index contributed by atoms with van der Waals surface area (Å²) in [4.78, 5) is 11.4. The van der Waals surface area contributed by atoms with Crippen LogP contribution in [0.25, 0.3) is 0 Å². The fraction of sp³-hybridized carbons (Fsp3) is 0.786. The summed E-state index contributed by atoms with van der Waals surface area (Å²) in [5.74, 6) is 0.467. The summed E-state index contributed by atoms with van der Waals surface area (Å²) in [6.07, 6.45) is 6.67. The summed E-state index contributed by atoms with van der Waals surface area (Å²) in [6.45, 7) is 8.72. The molecule has 1 atom stereocenters. The summed E-state index contributed by atoms with van der Waals surface area (Å²) in [6, 6.07) is 0.460. The van der Waals surface area contributed by atoms with Crippen molar-refractivity contribution in [3.63, 3.8) is 0 Å². The van der Waals surface area contributed by atoms with E-state index in [1.165, 1.54) is 32.1 Å². The molecule has 1 aliphatic carbocycles. The minimum atomic E-state index is -0.282. The van der Waals surface area contributed by atoms with Crippen molar-refractivity contribution in [3.05, 3.63) is 12.2 Å². The van der Waals surface area contributed by atoms with Gasteiger partial charge in [0.2, 0.25) is 0 Å². The highest BCUT2D eigenvalue weighted by Gasteiger charge is 2.20. The summed E-state index contributed by atoms with van der Waals surface area (Å²) in [5.41, 5.74) is 0.523. The molecular weight excluding hydrogens is 214 g/mol. The number of carbonyl (C=O) groups is 1. The SMILES string of the molecule is C=C(CN[C@@H](C)C1CCCCC1)C(=O)OCC. The van der Waals surface area contributed by atoms with Gasteiger partial charge in [-0.3, -0.25) is 0 Å². The van der Waals surface area contributed by atoms with E-state index in [-0.39, 0.29) is 5.97 Å². The quantitative estimate of drug-likeness (QED) is 0.572. The van der Waals surface area contributed by atoms with Gasteiger partial charge in [0.25, 0.3) is 0 Å². The van der Waals surface area contributed by atoms with Gasteiger partial charge in [0.15, 0.2) is 0 Å². The van der Waals surface area contributed by atoms with Gasteiger partial charge in [-0.15, -0.1) is 0 Å². The first kappa shape index (κ1) is 14.2. The summed E-state index contributed by atoms with van der Waals surface area (Å²) in [7, 11) is 0. The smallest absolute Gasteiger partial charge is 0.334 e. The van der Waals surface area contributed by atoms with Crippen molar-refractivity contribution in [2.24, 2.45) is 5.92 Å². The van der Waals surface area contributed by atoms with Crippen molar-refractivity contribution < 1.29 is 9.53 Å². The van der Waals surface area contributed by atoms with E-state index in [0.717, 1.165) is 5.92 Å². The second-order valence-electron chi connectivity index (χ2n) is 4.89. The van der Waals surface area contributed by atoms with Crippen molar-refractivity contribution in [1.82, 2.24) is 5.32 Å². The Labute approximate surface area is 105 Å². The van der Waals surface area contributed by atoms with Crippen molar-refractivity contribution in [2.45, 2.75) is 52.0 Å². The number of carbonyl (C=O) groups excluding carboxylic acids is 1. The molecule has 0 bridgehead atoms. The van der Waals surface area contributed by atoms with E-state index in [0.29, 0.717) is 24.8 Å². The van der Waals surface area contributed by atoms with Gasteiger partial charge in [0.05, 0.1) is 6.61 Å². The van der Waals surface area contributed by atoms with Crippen LogP contribution in [0.15, 0.2) is 12.2 Å². The standard InChI is InChI=1S/C14H25NO2/c1-4-17-14(16)11(2)10-15-12(3)13-8-6-5-7-9-13/h12-13,15H,2,4-10H2,1,3H3/t12-/m0/s1. The van der Waals surface area contributed by atoms with Crippen molar-refractivity contribution in [2.75, 3.05) is 13.2 Å². The van der Waals surface area contributed by atoms with E-state index in [9.17, 15) is 4.79 Å². The van der Waals surface area contributed by atoms with E-state index >= 15 is 0 Å². The maximum absolute atomic E-state index is 11.4. The largest absolute Gasteiger partial charge is 0.463 e. The molecule has 3 nitrogen and oxygen atoms in total. The highest BCUT2D eigenvalue weighted by molar-refractivity contribution is 5.88. The second kappa shape index (κ2) is 7.49. The Balaban J connectivity index is 2.24. The minimum absolute atomic E-state index is 0.282. The fourth-order valence-corrected chi connectivity index (χ4v) is 2.39. The Morgan fingerprint density at radius 3 is 2.65 bits per heavy atom. The molecule has 98 valence electrons. The molecule has 0 heterocycles. The third kappa shape index (κ3) is 4.90. The zero-order valence-corrected chi connectivity index (χ0v) is 11.1. The fourth-order valence-electron chi connectivity index (χ4n) is 2.39. The number of rotatable bonds is 6. The molecule has 0 aromatic heterocycles. The third-order valence-electron chi connectivity index (χ3n) is 3.56. The Hall–Kier alpha value is -0.830. The molecule has 1 fully saturated rings. The summed E-state index contributed by atoms with van der Waals surface area (Å²) >= 11 is 0. The third-order valence-corrected chi connectivity index (χ3v) is 3.56. The van der Waals surface area contributed by atoms with Crippen LogP contribution in [0.4, 0.5) is 0 Å². The number of nitrogens with one attached hydrogen (secondary N) is 1. The molecule has 1 N–H and O–H groups in total. The van der Waals surface area contributed by atoms with E-state index in [2.05, 4.69) is 18.8 Å². The molecular formula is C14H25NO2. The van der Waals surface area contributed by atoms with Crippen LogP contribution < -0.4 is 5.32 Å². The van der Waals surface area contributed by atoms with Crippen LogP contribution in [0, 0.1) is 5.92 Å². The lowest BCUT2D eigenvalue weighted by Gasteiger charge is -2.28. The first-order valence-corrected chi connectivity index (χ1v) is 6.73. The van der Waals surface area contributed by atoms with Crippen LogP contribution in [0.2, 0.25) is 0 Å². The van der Waals surface area contributed by atoms with Gasteiger partial charge in [-0.1, -0.05) is 25.8 Å². The predicted octanol–water partition coefficient (Wildman–Crippen LogP) is 2.66. The lowest BCUT2D eigenvalue weighted by atomic mass is 9.84. The second-order valence-corrected chi connectivity index (χ2v) is 4.89. The van der Waals surface area contributed by atoms with Gasteiger partial charge in [-0.2, -0.15) is 0 Å². The number of hydrogen-bond donors (Lipinski definition) is 1. The molecule has 0 aromatic rings. The van der Waals surface area contributed by atoms with Crippen molar-refractivity contribution >= 4 is 5.97 Å². The predicted molar refractivity (Wildman–Crippen MR) is 69.8 cm³/mol. The normalized spacial score (nSPS) is 18.7. The molecule has 3 heteroatoms. The number of ether oxygens (including phenoxy) is 1. The Morgan fingerprint density at radius 2 is 2.06 bits per heavy atom. The topological polar surface area (TPSA) is 38.3 Å². The Kier molecular flexibility index (Phi) is 6.27. The number of hydrogen-bond acceptors (Lipinski definition) is 3. The molecule has 1 aliphatic rings. The van der Waals surface area contributed by atoms with Crippen LogP contribution in [0.1, 0.15) is 46.0 Å². The van der Waals surface area contributed by atoms with E-state index in [4.69, 9.17) is 4.74 Å². The monoisotopic (exact) mass is 239 g/mol. The average molecular weight is 239 g/mol. The first-order valence-electron chi connectivity index (χ1n) is 6.73. The molecule has 0 radical (unpaired) electrons. The average Bonchev–Trinajstić information content (AvgIpc) is 2.36. The lowest BCUT2D eigenvalue weighted by Crippen LogP contribution is -2.36. The lowest BCUT2D eigenvalue weighted by molar-refractivity contribution is -0.138. The van der Waals surface area contributed by atoms with Crippen LogP contribution in [-0.2, 0) is 9.53 Å². The Morgan fingerprint density at radius 1 is 1.41 bits per heavy atom. The highest BCUT2D eigenvalue weighted by atomic mass is 16.5. The molecule has 0 saturated heterocycles. The summed E-state index contributed by atoms with van der Waals surface area (Å²) < 4.78 is 4.90. The molecule has 0 amide bonds. The van der Waals surface area contributed by atoms with Crippen LogP contribution in [-0.4, -0.2) is 25.2 Å². The van der Waals surface area contributed by atoms with Gasteiger partial charge in [-0.05, 0) is 32.6 Å². The van der Waals surface area contributed by atoms with E-state index < -0.39 is 0 Å².